The van der Waals surface area contributed by atoms with E-state index in [1.54, 1.807) is 14.2 Å². The van der Waals surface area contributed by atoms with Crippen LogP contribution in [0.1, 0.15) is 29.7 Å². The number of hydrogen-bond donors (Lipinski definition) is 1. The Kier molecular flexibility index (Phi) is 6.28. The molecule has 5 heteroatoms. The molecule has 5 nitrogen and oxygen atoms in total. The van der Waals surface area contributed by atoms with E-state index in [0.29, 0.717) is 17.2 Å². The molecule has 0 saturated carbocycles. The molecule has 0 bridgehead atoms. The Morgan fingerprint density at radius 2 is 1.72 bits per heavy atom. The van der Waals surface area contributed by atoms with Crippen molar-refractivity contribution in [2.24, 2.45) is 0 Å². The van der Waals surface area contributed by atoms with Crippen molar-refractivity contribution >= 4 is 5.91 Å². The molecule has 0 spiro atoms. The number of benzene rings is 2. The molecule has 0 aliphatic rings. The van der Waals surface area contributed by atoms with E-state index in [1.165, 1.54) is 5.56 Å². The van der Waals surface area contributed by atoms with Crippen LogP contribution in [0.5, 0.6) is 17.2 Å². The summed E-state index contributed by atoms with van der Waals surface area (Å²) >= 11 is 0. The van der Waals surface area contributed by atoms with E-state index in [2.05, 4.69) is 5.32 Å². The van der Waals surface area contributed by atoms with Gasteiger partial charge in [0.1, 0.15) is 17.2 Å². The Hall–Kier alpha value is -2.69. The topological polar surface area (TPSA) is 56.8 Å². The van der Waals surface area contributed by atoms with E-state index in [1.807, 2.05) is 57.2 Å². The summed E-state index contributed by atoms with van der Waals surface area (Å²) in [5.41, 5.74) is 3.17. The van der Waals surface area contributed by atoms with Gasteiger partial charge in [-0.05, 0) is 62.2 Å². The highest BCUT2D eigenvalue weighted by Crippen LogP contribution is 2.29. The number of hydrogen-bond acceptors (Lipinski definition) is 4. The molecule has 0 saturated heterocycles. The summed E-state index contributed by atoms with van der Waals surface area (Å²) in [7, 11) is 3.20. The van der Waals surface area contributed by atoms with Crippen LogP contribution in [0.25, 0.3) is 0 Å². The van der Waals surface area contributed by atoms with E-state index in [9.17, 15) is 4.79 Å². The fourth-order valence-corrected chi connectivity index (χ4v) is 2.49. The predicted molar refractivity (Wildman–Crippen MR) is 97.5 cm³/mol. The lowest BCUT2D eigenvalue weighted by atomic mass is 10.1. The van der Waals surface area contributed by atoms with Gasteiger partial charge in [-0.25, -0.2) is 0 Å². The largest absolute Gasteiger partial charge is 0.497 e. The minimum absolute atomic E-state index is 0.0425. The number of carbonyl (C=O) groups is 1. The number of carbonyl (C=O) groups excluding carboxylic acids is 1. The summed E-state index contributed by atoms with van der Waals surface area (Å²) in [5.74, 6) is 1.90. The molecule has 134 valence electrons. The van der Waals surface area contributed by atoms with E-state index in [0.717, 1.165) is 11.1 Å². The second kappa shape index (κ2) is 8.42. The zero-order chi connectivity index (χ0) is 18.4. The summed E-state index contributed by atoms with van der Waals surface area (Å²) in [4.78, 5) is 12.2. The molecule has 0 fully saturated rings. The molecule has 2 rings (SSSR count). The first-order valence-corrected chi connectivity index (χ1v) is 8.16. The van der Waals surface area contributed by atoms with Crippen molar-refractivity contribution in [3.05, 3.63) is 53.1 Å². The smallest absolute Gasteiger partial charge is 0.258 e. The van der Waals surface area contributed by atoms with Gasteiger partial charge in [0, 0.05) is 5.56 Å². The van der Waals surface area contributed by atoms with E-state index in [-0.39, 0.29) is 18.6 Å². The van der Waals surface area contributed by atoms with Crippen molar-refractivity contribution in [3.63, 3.8) is 0 Å². The van der Waals surface area contributed by atoms with Gasteiger partial charge in [-0.2, -0.15) is 0 Å². The summed E-state index contributed by atoms with van der Waals surface area (Å²) in [5, 5.41) is 2.92. The minimum Gasteiger partial charge on any atom is -0.497 e. The average molecular weight is 343 g/mol. The first-order valence-electron chi connectivity index (χ1n) is 8.16. The molecular weight excluding hydrogens is 318 g/mol. The van der Waals surface area contributed by atoms with Crippen LogP contribution in [0.2, 0.25) is 0 Å². The van der Waals surface area contributed by atoms with Crippen LogP contribution >= 0.6 is 0 Å². The molecule has 0 heterocycles. The lowest BCUT2D eigenvalue weighted by Crippen LogP contribution is -2.31. The lowest BCUT2D eigenvalue weighted by molar-refractivity contribution is -0.123. The van der Waals surface area contributed by atoms with Crippen LogP contribution in [0.3, 0.4) is 0 Å². The highest BCUT2D eigenvalue weighted by atomic mass is 16.5. The predicted octanol–water partition coefficient (Wildman–Crippen LogP) is 3.58. The van der Waals surface area contributed by atoms with Crippen molar-refractivity contribution in [1.29, 1.82) is 0 Å². The van der Waals surface area contributed by atoms with E-state index < -0.39 is 0 Å². The fourth-order valence-electron chi connectivity index (χ4n) is 2.49. The monoisotopic (exact) mass is 343 g/mol. The molecule has 2 aromatic rings. The zero-order valence-corrected chi connectivity index (χ0v) is 15.4. The Morgan fingerprint density at radius 3 is 2.36 bits per heavy atom. The third kappa shape index (κ3) is 4.89. The number of rotatable bonds is 7. The van der Waals surface area contributed by atoms with E-state index in [4.69, 9.17) is 14.2 Å². The van der Waals surface area contributed by atoms with Gasteiger partial charge >= 0.3 is 0 Å². The van der Waals surface area contributed by atoms with Gasteiger partial charge in [-0.1, -0.05) is 6.07 Å². The molecule has 25 heavy (non-hydrogen) atoms. The van der Waals surface area contributed by atoms with Crippen molar-refractivity contribution in [2.45, 2.75) is 26.8 Å². The van der Waals surface area contributed by atoms with Crippen molar-refractivity contribution in [3.8, 4) is 17.2 Å². The summed E-state index contributed by atoms with van der Waals surface area (Å²) in [6.07, 6.45) is 0. The molecule has 0 aliphatic carbocycles. The molecule has 0 radical (unpaired) electrons. The summed E-state index contributed by atoms with van der Waals surface area (Å²) in [6.45, 7) is 5.90. The maximum absolute atomic E-state index is 12.2. The molecule has 1 amide bonds. The number of nitrogens with one attached hydrogen (secondary N) is 1. The van der Waals surface area contributed by atoms with Crippen LogP contribution in [0.4, 0.5) is 0 Å². The molecular formula is C20H25NO4. The Morgan fingerprint density at radius 1 is 1.00 bits per heavy atom. The number of aryl methyl sites for hydroxylation is 2. The molecule has 2 aromatic carbocycles. The highest BCUT2D eigenvalue weighted by molar-refractivity contribution is 5.78. The first-order chi connectivity index (χ1) is 11.9. The maximum atomic E-state index is 12.2. The van der Waals surface area contributed by atoms with Gasteiger partial charge in [-0.3, -0.25) is 4.79 Å². The van der Waals surface area contributed by atoms with Crippen LogP contribution in [-0.2, 0) is 4.79 Å². The Labute approximate surface area is 148 Å². The molecule has 1 N–H and O–H groups in total. The minimum atomic E-state index is -0.235. The van der Waals surface area contributed by atoms with Gasteiger partial charge in [0.25, 0.3) is 5.91 Å². The van der Waals surface area contributed by atoms with Crippen molar-refractivity contribution in [2.75, 3.05) is 20.8 Å². The van der Waals surface area contributed by atoms with Gasteiger partial charge in [0.2, 0.25) is 0 Å². The quantitative estimate of drug-likeness (QED) is 0.835. The van der Waals surface area contributed by atoms with Gasteiger partial charge < -0.3 is 19.5 Å². The summed E-state index contributed by atoms with van der Waals surface area (Å²) < 4.78 is 16.2. The maximum Gasteiger partial charge on any atom is 0.258 e. The number of ether oxygens (including phenoxy) is 3. The van der Waals surface area contributed by atoms with Crippen LogP contribution in [-0.4, -0.2) is 26.7 Å². The lowest BCUT2D eigenvalue weighted by Gasteiger charge is -2.18. The van der Waals surface area contributed by atoms with E-state index >= 15 is 0 Å². The standard InChI is InChI=1S/C20H25NO4/c1-13-6-7-17(10-14(13)2)25-12-20(22)21-15(3)18-11-16(23-4)8-9-19(18)24-5/h6-11,15H,12H2,1-5H3,(H,21,22)/t15-/m0/s1. The fraction of sp³-hybridized carbons (Fsp3) is 0.350. The third-order valence-electron chi connectivity index (χ3n) is 4.13. The van der Waals surface area contributed by atoms with Gasteiger partial charge in [-0.15, -0.1) is 0 Å². The second-order valence-corrected chi connectivity index (χ2v) is 5.93. The number of amides is 1. The third-order valence-corrected chi connectivity index (χ3v) is 4.13. The van der Waals surface area contributed by atoms with Crippen LogP contribution in [0, 0.1) is 13.8 Å². The summed E-state index contributed by atoms with van der Waals surface area (Å²) in [6, 6.07) is 11.0. The second-order valence-electron chi connectivity index (χ2n) is 5.93. The van der Waals surface area contributed by atoms with Crippen LogP contribution < -0.4 is 19.5 Å². The molecule has 0 unspecified atom stereocenters. The first kappa shape index (κ1) is 18.6. The number of methoxy groups -OCH3 is 2. The Balaban J connectivity index is 1.99. The zero-order valence-electron chi connectivity index (χ0n) is 15.4. The van der Waals surface area contributed by atoms with Gasteiger partial charge in [0.05, 0.1) is 20.3 Å². The molecule has 1 atom stereocenters. The van der Waals surface area contributed by atoms with Crippen molar-refractivity contribution < 1.29 is 19.0 Å². The molecule has 0 aliphatic heterocycles. The Bertz CT molecular complexity index is 742. The van der Waals surface area contributed by atoms with Crippen molar-refractivity contribution in [1.82, 2.24) is 5.32 Å². The average Bonchev–Trinajstić information content (AvgIpc) is 2.62. The normalized spacial score (nSPS) is 11.6. The van der Waals surface area contributed by atoms with Crippen LogP contribution in [0.15, 0.2) is 36.4 Å². The SMILES string of the molecule is COc1ccc(OC)c([C@H](C)NC(=O)COc2ccc(C)c(C)c2)c1. The van der Waals surface area contributed by atoms with Gasteiger partial charge in [0.15, 0.2) is 6.61 Å². The molecule has 0 aromatic heterocycles. The highest BCUT2D eigenvalue weighted by Gasteiger charge is 2.15.